The van der Waals surface area contributed by atoms with E-state index in [1.165, 1.54) is 11.3 Å². The summed E-state index contributed by atoms with van der Waals surface area (Å²) in [6.45, 7) is 0.998. The second-order valence-electron chi connectivity index (χ2n) is 4.87. The maximum atomic E-state index is 12.1. The van der Waals surface area contributed by atoms with Crippen LogP contribution < -0.4 is 10.2 Å². The Kier molecular flexibility index (Phi) is 5.81. The van der Waals surface area contributed by atoms with Gasteiger partial charge in [0.2, 0.25) is 0 Å². The number of amides is 1. The van der Waals surface area contributed by atoms with Crippen LogP contribution in [-0.4, -0.2) is 19.5 Å². The second-order valence-corrected chi connectivity index (χ2v) is 7.10. The molecule has 0 aliphatic heterocycles. The molecule has 2 N–H and O–H groups in total. The number of nitrogens with one attached hydrogen (secondary N) is 2. The van der Waals surface area contributed by atoms with Crippen molar-refractivity contribution >= 4 is 46.1 Å². The van der Waals surface area contributed by atoms with Crippen molar-refractivity contribution in [3.05, 3.63) is 50.1 Å². The fraction of sp³-hybridized carbons (Fsp3) is 0.200. The van der Waals surface area contributed by atoms with Gasteiger partial charge in [-0.2, -0.15) is 5.26 Å². The number of quaternary nitrogens is 1. The molecule has 0 spiro atoms. The van der Waals surface area contributed by atoms with Crippen LogP contribution >= 0.6 is 34.5 Å². The lowest BCUT2D eigenvalue weighted by Crippen LogP contribution is -3.08. The van der Waals surface area contributed by atoms with Crippen LogP contribution in [0.25, 0.3) is 0 Å². The number of halogens is 2. The van der Waals surface area contributed by atoms with Crippen molar-refractivity contribution < 1.29 is 9.69 Å². The Labute approximate surface area is 142 Å². The van der Waals surface area contributed by atoms with E-state index in [0.29, 0.717) is 22.8 Å². The van der Waals surface area contributed by atoms with Crippen molar-refractivity contribution in [2.75, 3.05) is 18.9 Å². The average molecular weight is 355 g/mol. The maximum absolute atomic E-state index is 12.1. The number of nitriles is 1. The summed E-state index contributed by atoms with van der Waals surface area (Å²) < 4.78 is 0.741. The van der Waals surface area contributed by atoms with E-state index in [1.807, 2.05) is 25.2 Å². The van der Waals surface area contributed by atoms with Crippen LogP contribution in [0, 0.1) is 11.3 Å². The highest BCUT2D eigenvalue weighted by Gasteiger charge is 2.14. The van der Waals surface area contributed by atoms with E-state index in [9.17, 15) is 4.79 Å². The van der Waals surface area contributed by atoms with Crippen molar-refractivity contribution in [1.82, 2.24) is 0 Å². The highest BCUT2D eigenvalue weighted by Crippen LogP contribution is 2.21. The number of nitrogens with zero attached hydrogens (tertiary/aromatic N) is 1. The number of benzene rings is 1. The van der Waals surface area contributed by atoms with E-state index in [4.69, 9.17) is 28.5 Å². The Morgan fingerprint density at radius 3 is 2.77 bits per heavy atom. The summed E-state index contributed by atoms with van der Waals surface area (Å²) >= 11 is 13.3. The van der Waals surface area contributed by atoms with Crippen molar-refractivity contribution in [3.8, 4) is 6.07 Å². The topological polar surface area (TPSA) is 57.3 Å². The third-order valence-corrected chi connectivity index (χ3v) is 4.41. The SMILES string of the molecule is C[NH+](CC(=O)Nc1cc(Cl)ccc1C#N)Cc1ccc(Cl)s1. The summed E-state index contributed by atoms with van der Waals surface area (Å²) in [7, 11) is 1.93. The van der Waals surface area contributed by atoms with E-state index >= 15 is 0 Å². The minimum Gasteiger partial charge on any atom is -0.325 e. The summed E-state index contributed by atoms with van der Waals surface area (Å²) in [6, 6.07) is 10.6. The van der Waals surface area contributed by atoms with Crippen LogP contribution in [0.5, 0.6) is 0 Å². The van der Waals surface area contributed by atoms with Crippen molar-refractivity contribution in [1.29, 1.82) is 5.26 Å². The molecule has 1 unspecified atom stereocenters. The molecule has 0 bridgehead atoms. The quantitative estimate of drug-likeness (QED) is 0.866. The number of hydrogen-bond donors (Lipinski definition) is 2. The molecule has 1 amide bonds. The highest BCUT2D eigenvalue weighted by atomic mass is 35.5. The van der Waals surface area contributed by atoms with E-state index in [0.717, 1.165) is 14.1 Å². The van der Waals surface area contributed by atoms with E-state index < -0.39 is 0 Å². The van der Waals surface area contributed by atoms with Gasteiger partial charge in [0, 0.05) is 5.02 Å². The fourth-order valence-corrected chi connectivity index (χ4v) is 3.37. The van der Waals surface area contributed by atoms with E-state index in [-0.39, 0.29) is 12.5 Å². The molecule has 2 rings (SSSR count). The van der Waals surface area contributed by atoms with Gasteiger partial charge in [-0.05, 0) is 30.3 Å². The number of hydrogen-bond acceptors (Lipinski definition) is 3. The summed E-state index contributed by atoms with van der Waals surface area (Å²) in [4.78, 5) is 14.2. The number of likely N-dealkylation sites (N-methyl/N-ethyl adjacent to an activating group) is 1. The van der Waals surface area contributed by atoms with Crippen molar-refractivity contribution in [2.45, 2.75) is 6.54 Å². The first-order valence-electron chi connectivity index (χ1n) is 6.53. The Morgan fingerprint density at radius 1 is 1.36 bits per heavy atom. The first kappa shape index (κ1) is 16.8. The summed E-state index contributed by atoms with van der Waals surface area (Å²) in [5.41, 5.74) is 0.826. The van der Waals surface area contributed by atoms with Gasteiger partial charge in [0.05, 0.1) is 27.5 Å². The van der Waals surface area contributed by atoms with Gasteiger partial charge in [-0.1, -0.05) is 23.2 Å². The standard InChI is InChI=1S/C15H13Cl2N3OS/c1-20(8-12-4-5-14(17)22-12)9-15(21)19-13-6-11(16)3-2-10(13)7-18/h2-6H,8-9H2,1H3,(H,19,21)/p+1. The lowest BCUT2D eigenvalue weighted by Gasteiger charge is -2.13. The minimum absolute atomic E-state index is 0.168. The van der Waals surface area contributed by atoms with Crippen LogP contribution in [0.15, 0.2) is 30.3 Å². The molecule has 0 aliphatic rings. The minimum atomic E-state index is -0.168. The third-order valence-electron chi connectivity index (χ3n) is 2.94. The Morgan fingerprint density at radius 2 is 2.14 bits per heavy atom. The predicted octanol–water partition coefficient (Wildman–Crippen LogP) is 2.58. The second kappa shape index (κ2) is 7.61. The number of carbonyl (C=O) groups is 1. The monoisotopic (exact) mass is 354 g/mol. The zero-order chi connectivity index (χ0) is 16.1. The van der Waals surface area contributed by atoms with Crippen molar-refractivity contribution in [2.24, 2.45) is 0 Å². The molecular formula is C15H14Cl2N3OS+. The van der Waals surface area contributed by atoms with Crippen LogP contribution in [0.3, 0.4) is 0 Å². The zero-order valence-electron chi connectivity index (χ0n) is 11.8. The summed E-state index contributed by atoms with van der Waals surface area (Å²) in [6.07, 6.45) is 0. The van der Waals surface area contributed by atoms with Crippen molar-refractivity contribution in [3.63, 3.8) is 0 Å². The molecular weight excluding hydrogens is 341 g/mol. The molecule has 4 nitrogen and oxygen atoms in total. The number of carbonyl (C=O) groups excluding carboxylic acids is 1. The molecule has 0 aliphatic carbocycles. The molecule has 1 aromatic heterocycles. The lowest BCUT2D eigenvalue weighted by molar-refractivity contribution is -0.884. The Hall–Kier alpha value is -1.58. The molecule has 7 heteroatoms. The van der Waals surface area contributed by atoms with Crippen LogP contribution in [0.4, 0.5) is 5.69 Å². The largest absolute Gasteiger partial charge is 0.325 e. The molecule has 2 aromatic rings. The maximum Gasteiger partial charge on any atom is 0.279 e. The molecule has 0 saturated carbocycles. The Bertz CT molecular complexity index is 724. The van der Waals surface area contributed by atoms with Gasteiger partial charge in [0.1, 0.15) is 12.6 Å². The predicted molar refractivity (Wildman–Crippen MR) is 89.6 cm³/mol. The summed E-state index contributed by atoms with van der Waals surface area (Å²) in [5.74, 6) is -0.168. The van der Waals surface area contributed by atoms with E-state index in [1.54, 1.807) is 18.2 Å². The fourth-order valence-electron chi connectivity index (χ4n) is 1.99. The molecule has 0 saturated heterocycles. The number of anilines is 1. The van der Waals surface area contributed by atoms with Gasteiger partial charge in [-0.25, -0.2) is 0 Å². The van der Waals surface area contributed by atoms with Gasteiger partial charge < -0.3 is 10.2 Å². The third kappa shape index (κ3) is 4.72. The molecule has 0 radical (unpaired) electrons. The zero-order valence-corrected chi connectivity index (χ0v) is 14.1. The van der Waals surface area contributed by atoms with Gasteiger partial charge in [0.15, 0.2) is 6.54 Å². The molecule has 114 valence electrons. The molecule has 1 atom stereocenters. The van der Waals surface area contributed by atoms with Gasteiger partial charge in [-0.3, -0.25) is 4.79 Å². The first-order chi connectivity index (χ1) is 10.5. The highest BCUT2D eigenvalue weighted by molar-refractivity contribution is 7.16. The molecule has 22 heavy (non-hydrogen) atoms. The first-order valence-corrected chi connectivity index (χ1v) is 8.10. The molecule has 1 aromatic carbocycles. The normalized spacial score (nSPS) is 11.7. The lowest BCUT2D eigenvalue weighted by atomic mass is 10.2. The van der Waals surface area contributed by atoms with E-state index in [2.05, 4.69) is 5.32 Å². The van der Waals surface area contributed by atoms with Gasteiger partial charge in [-0.15, -0.1) is 11.3 Å². The van der Waals surface area contributed by atoms with Gasteiger partial charge >= 0.3 is 0 Å². The molecule has 1 heterocycles. The van der Waals surface area contributed by atoms with Crippen LogP contribution in [0.1, 0.15) is 10.4 Å². The van der Waals surface area contributed by atoms with Crippen LogP contribution in [-0.2, 0) is 11.3 Å². The number of thiophene rings is 1. The Balaban J connectivity index is 1.95. The van der Waals surface area contributed by atoms with Crippen LogP contribution in [0.2, 0.25) is 9.36 Å². The smallest absolute Gasteiger partial charge is 0.279 e. The molecule has 0 fully saturated rings. The number of rotatable bonds is 5. The van der Waals surface area contributed by atoms with Gasteiger partial charge in [0.25, 0.3) is 5.91 Å². The summed E-state index contributed by atoms with van der Waals surface area (Å²) in [5, 5.41) is 12.3. The average Bonchev–Trinajstić information content (AvgIpc) is 2.83.